The second-order valence-electron chi connectivity index (χ2n) is 3.11. The summed E-state index contributed by atoms with van der Waals surface area (Å²) in [5.74, 6) is 0.243. The van der Waals surface area contributed by atoms with E-state index < -0.39 is 0 Å². The van der Waals surface area contributed by atoms with Crippen molar-refractivity contribution in [3.63, 3.8) is 0 Å². The largest absolute Gasteiger partial charge is 0.506 e. The molecule has 0 spiro atoms. The lowest BCUT2D eigenvalue weighted by Gasteiger charge is -2.02. The molecule has 0 amide bonds. The number of phenols is 1. The van der Waals surface area contributed by atoms with E-state index in [-0.39, 0.29) is 5.75 Å². The normalized spacial score (nSPS) is 11.1. The summed E-state index contributed by atoms with van der Waals surface area (Å²) >= 11 is 0. The molecule has 2 aromatic heterocycles. The van der Waals surface area contributed by atoms with Crippen LogP contribution in [0.1, 0.15) is 0 Å². The number of hydrogen-bond donors (Lipinski definition) is 1. The van der Waals surface area contributed by atoms with E-state index in [1.807, 2.05) is 24.3 Å². The van der Waals surface area contributed by atoms with Gasteiger partial charge in [0.2, 0.25) is 0 Å². The van der Waals surface area contributed by atoms with E-state index >= 15 is 0 Å². The maximum absolute atomic E-state index is 9.71. The van der Waals surface area contributed by atoms with Crippen LogP contribution in [0, 0.1) is 0 Å². The minimum Gasteiger partial charge on any atom is -0.506 e. The topological polar surface area (TPSA) is 50.4 Å². The first-order chi connectivity index (χ1) is 6.86. The van der Waals surface area contributed by atoms with Gasteiger partial charge in [0.25, 0.3) is 0 Å². The van der Waals surface area contributed by atoms with Crippen molar-refractivity contribution in [3.05, 3.63) is 36.7 Å². The summed E-state index contributed by atoms with van der Waals surface area (Å²) in [6, 6.07) is 9.19. The van der Waals surface area contributed by atoms with Crippen molar-refractivity contribution in [1.29, 1.82) is 0 Å². The number of rotatable bonds is 0. The number of hydrogen-bond acceptors (Lipinski definition) is 3. The van der Waals surface area contributed by atoms with Crippen LogP contribution in [0.4, 0.5) is 0 Å². The highest BCUT2D eigenvalue weighted by Gasteiger charge is 2.04. The van der Waals surface area contributed by atoms with Crippen molar-refractivity contribution in [3.8, 4) is 5.75 Å². The molecule has 4 nitrogen and oxygen atoms in total. The average Bonchev–Trinajstić information content (AvgIpc) is 2.65. The first-order valence-electron chi connectivity index (χ1n) is 4.27. The van der Waals surface area contributed by atoms with Crippen LogP contribution in [0.5, 0.6) is 5.75 Å². The predicted octanol–water partition coefficient (Wildman–Crippen LogP) is 1.59. The Bertz CT molecular complexity index is 615. The summed E-state index contributed by atoms with van der Waals surface area (Å²) in [5.41, 5.74) is 1.48. The molecule has 0 atom stereocenters. The Morgan fingerprint density at radius 1 is 1.14 bits per heavy atom. The molecule has 0 radical (unpaired) electrons. The van der Waals surface area contributed by atoms with Gasteiger partial charge in [-0.25, -0.2) is 0 Å². The van der Waals surface area contributed by atoms with Gasteiger partial charge in [0.05, 0.1) is 5.52 Å². The Morgan fingerprint density at radius 2 is 2.07 bits per heavy atom. The van der Waals surface area contributed by atoms with Crippen molar-refractivity contribution in [1.82, 2.24) is 14.6 Å². The molecule has 0 aliphatic rings. The van der Waals surface area contributed by atoms with Gasteiger partial charge in [0.1, 0.15) is 12.1 Å². The number of nitrogens with zero attached hydrogens (tertiary/aromatic N) is 3. The van der Waals surface area contributed by atoms with Crippen LogP contribution in [-0.4, -0.2) is 19.7 Å². The molecule has 0 bridgehead atoms. The second kappa shape index (κ2) is 2.45. The maximum atomic E-state index is 9.71. The monoisotopic (exact) mass is 185 g/mol. The van der Waals surface area contributed by atoms with Gasteiger partial charge in [-0.05, 0) is 18.2 Å². The molecule has 3 aromatic rings. The van der Waals surface area contributed by atoms with Gasteiger partial charge >= 0.3 is 0 Å². The van der Waals surface area contributed by atoms with Crippen LogP contribution < -0.4 is 0 Å². The summed E-state index contributed by atoms with van der Waals surface area (Å²) in [4.78, 5) is 0. The molecular weight excluding hydrogens is 178 g/mol. The fourth-order valence-electron chi connectivity index (χ4n) is 1.64. The Labute approximate surface area is 79.4 Å². The molecule has 2 heterocycles. The molecule has 0 saturated heterocycles. The van der Waals surface area contributed by atoms with E-state index in [0.717, 1.165) is 16.6 Å². The van der Waals surface area contributed by atoms with E-state index in [4.69, 9.17) is 0 Å². The second-order valence-corrected chi connectivity index (χ2v) is 3.11. The molecule has 1 aromatic carbocycles. The molecule has 0 saturated carbocycles. The van der Waals surface area contributed by atoms with Gasteiger partial charge in [0, 0.05) is 5.39 Å². The Kier molecular flexibility index (Phi) is 1.28. The number of pyridine rings is 1. The van der Waals surface area contributed by atoms with Gasteiger partial charge in [-0.3, -0.25) is 4.40 Å². The predicted molar refractivity (Wildman–Crippen MR) is 52.2 cm³/mol. The van der Waals surface area contributed by atoms with Crippen molar-refractivity contribution in [2.24, 2.45) is 0 Å². The SMILES string of the molecule is Oc1cccc2ccc3nncn3c12. The molecule has 1 N–H and O–H groups in total. The van der Waals surface area contributed by atoms with E-state index in [0.29, 0.717) is 0 Å². The first kappa shape index (κ1) is 7.32. The number of para-hydroxylation sites is 1. The lowest BCUT2D eigenvalue weighted by Crippen LogP contribution is -1.86. The molecular formula is C10H7N3O. The quantitative estimate of drug-likeness (QED) is 0.578. The number of fused-ring (bicyclic) bond motifs is 3. The van der Waals surface area contributed by atoms with Gasteiger partial charge in [-0.1, -0.05) is 12.1 Å². The third-order valence-electron chi connectivity index (χ3n) is 2.27. The molecule has 0 aliphatic heterocycles. The van der Waals surface area contributed by atoms with Gasteiger partial charge in [-0.2, -0.15) is 0 Å². The minimum atomic E-state index is 0.243. The first-order valence-corrected chi connectivity index (χ1v) is 4.27. The minimum absolute atomic E-state index is 0.243. The van der Waals surface area contributed by atoms with E-state index in [2.05, 4.69) is 10.2 Å². The lowest BCUT2D eigenvalue weighted by molar-refractivity contribution is 0.480. The fourth-order valence-corrected chi connectivity index (χ4v) is 1.64. The molecule has 0 fully saturated rings. The smallest absolute Gasteiger partial charge is 0.161 e. The standard InChI is InChI=1S/C10H7N3O/c14-8-3-1-2-7-4-5-9-12-11-6-13(9)10(7)8/h1-6,14H. The highest BCUT2D eigenvalue weighted by atomic mass is 16.3. The lowest BCUT2D eigenvalue weighted by atomic mass is 10.2. The number of phenolic OH excluding ortho intramolecular Hbond substituents is 1. The summed E-state index contributed by atoms with van der Waals surface area (Å²) < 4.78 is 1.77. The summed E-state index contributed by atoms with van der Waals surface area (Å²) in [6.07, 6.45) is 1.59. The average molecular weight is 185 g/mol. The number of aromatic hydroxyl groups is 1. The zero-order chi connectivity index (χ0) is 9.54. The summed E-state index contributed by atoms with van der Waals surface area (Å²) in [7, 11) is 0. The molecule has 3 rings (SSSR count). The molecule has 14 heavy (non-hydrogen) atoms. The van der Waals surface area contributed by atoms with Crippen molar-refractivity contribution in [2.45, 2.75) is 0 Å². The van der Waals surface area contributed by atoms with Crippen LogP contribution in [0.25, 0.3) is 16.6 Å². The summed E-state index contributed by atoms with van der Waals surface area (Å²) in [6.45, 7) is 0. The van der Waals surface area contributed by atoms with Crippen LogP contribution in [0.15, 0.2) is 36.7 Å². The summed E-state index contributed by atoms with van der Waals surface area (Å²) in [5, 5.41) is 18.4. The van der Waals surface area contributed by atoms with Gasteiger partial charge in [0.15, 0.2) is 5.65 Å². The van der Waals surface area contributed by atoms with E-state index in [1.54, 1.807) is 16.8 Å². The Balaban J connectivity index is 2.67. The Morgan fingerprint density at radius 3 is 3.00 bits per heavy atom. The third-order valence-corrected chi connectivity index (χ3v) is 2.27. The molecule has 0 aliphatic carbocycles. The third kappa shape index (κ3) is 0.821. The maximum Gasteiger partial charge on any atom is 0.161 e. The van der Waals surface area contributed by atoms with Gasteiger partial charge < -0.3 is 5.11 Å². The van der Waals surface area contributed by atoms with Crippen LogP contribution >= 0.6 is 0 Å². The zero-order valence-corrected chi connectivity index (χ0v) is 7.25. The highest BCUT2D eigenvalue weighted by molar-refractivity contribution is 5.86. The molecule has 68 valence electrons. The zero-order valence-electron chi connectivity index (χ0n) is 7.25. The van der Waals surface area contributed by atoms with E-state index in [9.17, 15) is 5.11 Å². The highest BCUT2D eigenvalue weighted by Crippen LogP contribution is 2.24. The van der Waals surface area contributed by atoms with Crippen LogP contribution in [-0.2, 0) is 0 Å². The fraction of sp³-hybridized carbons (Fsp3) is 0. The van der Waals surface area contributed by atoms with Gasteiger partial charge in [-0.15, -0.1) is 10.2 Å². The van der Waals surface area contributed by atoms with Crippen LogP contribution in [0.3, 0.4) is 0 Å². The van der Waals surface area contributed by atoms with Crippen molar-refractivity contribution in [2.75, 3.05) is 0 Å². The van der Waals surface area contributed by atoms with E-state index in [1.165, 1.54) is 0 Å². The number of benzene rings is 1. The molecule has 0 unspecified atom stereocenters. The van der Waals surface area contributed by atoms with Crippen LogP contribution in [0.2, 0.25) is 0 Å². The number of aromatic nitrogens is 3. The van der Waals surface area contributed by atoms with Crippen molar-refractivity contribution >= 4 is 16.6 Å². The van der Waals surface area contributed by atoms with Crippen molar-refractivity contribution < 1.29 is 5.11 Å². The Hall–Kier alpha value is -2.10. The molecule has 4 heteroatoms.